The quantitative estimate of drug-likeness (QED) is 0.500. The zero-order valence-corrected chi connectivity index (χ0v) is 12.0. The average molecular weight is 320 g/mol. The van der Waals surface area contributed by atoms with Crippen LogP contribution in [0.5, 0.6) is 5.75 Å². The Balaban J connectivity index is 1.88. The van der Waals surface area contributed by atoms with Gasteiger partial charge in [0.2, 0.25) is 6.29 Å². The predicted octanol–water partition coefficient (Wildman–Crippen LogP) is -0.782. The third kappa shape index (κ3) is 2.76. The van der Waals surface area contributed by atoms with Gasteiger partial charge in [0.1, 0.15) is 30.2 Å². The summed E-state index contributed by atoms with van der Waals surface area (Å²) in [5, 5.41) is 48.3. The molecule has 0 radical (unpaired) electrons. The summed E-state index contributed by atoms with van der Waals surface area (Å²) in [5.74, 6) is 0.321. The number of fused-ring (bicyclic) bond motifs is 1. The van der Waals surface area contributed by atoms with E-state index in [1.165, 1.54) is 6.20 Å². The zero-order chi connectivity index (χ0) is 16.6. The van der Waals surface area contributed by atoms with Gasteiger partial charge in [0.25, 0.3) is 0 Å². The molecule has 0 aliphatic carbocycles. The molecule has 2 aromatic rings. The SMILES string of the molecule is N#Cc1ccc2[nH]cc(O[C@@H]3O[C@H](CO)[C@H](O)[C@H](O)[C@H]3O)c2c1. The van der Waals surface area contributed by atoms with Gasteiger partial charge in [-0.3, -0.25) is 0 Å². The van der Waals surface area contributed by atoms with Crippen molar-refractivity contribution in [3.8, 4) is 11.8 Å². The lowest BCUT2D eigenvalue weighted by Crippen LogP contribution is -2.60. The number of nitrogens with zero attached hydrogens (tertiary/aromatic N) is 1. The minimum Gasteiger partial charge on any atom is -0.460 e. The Bertz CT molecular complexity index is 737. The first-order valence-corrected chi connectivity index (χ1v) is 7.03. The molecule has 8 nitrogen and oxygen atoms in total. The molecule has 5 atom stereocenters. The summed E-state index contributed by atoms with van der Waals surface area (Å²) in [6.07, 6.45) is -5.22. The molecule has 0 saturated carbocycles. The third-order valence-electron chi connectivity index (χ3n) is 3.86. The normalized spacial score (nSPS) is 31.0. The van der Waals surface area contributed by atoms with E-state index >= 15 is 0 Å². The molecule has 1 aliphatic rings. The van der Waals surface area contributed by atoms with Crippen LogP contribution in [0.1, 0.15) is 5.56 Å². The molecular formula is C15H16N2O6. The van der Waals surface area contributed by atoms with Crippen molar-refractivity contribution >= 4 is 10.9 Å². The van der Waals surface area contributed by atoms with Gasteiger partial charge in [0.05, 0.1) is 18.2 Å². The van der Waals surface area contributed by atoms with Gasteiger partial charge in [-0.2, -0.15) is 5.26 Å². The number of aromatic amines is 1. The number of benzene rings is 1. The van der Waals surface area contributed by atoms with E-state index in [1.807, 2.05) is 6.07 Å². The Hall–Kier alpha value is -2.15. The first-order chi connectivity index (χ1) is 11.0. The molecule has 0 unspecified atom stereocenters. The zero-order valence-electron chi connectivity index (χ0n) is 12.0. The molecular weight excluding hydrogens is 304 g/mol. The van der Waals surface area contributed by atoms with E-state index in [0.717, 1.165) is 5.52 Å². The monoisotopic (exact) mass is 320 g/mol. The van der Waals surface area contributed by atoms with Crippen molar-refractivity contribution in [2.75, 3.05) is 6.61 Å². The minimum atomic E-state index is -1.51. The predicted molar refractivity (Wildman–Crippen MR) is 77.4 cm³/mol. The number of ether oxygens (including phenoxy) is 2. The van der Waals surface area contributed by atoms with E-state index in [4.69, 9.17) is 14.7 Å². The molecule has 5 N–H and O–H groups in total. The summed E-state index contributed by atoms with van der Waals surface area (Å²) < 4.78 is 10.9. The molecule has 8 heteroatoms. The van der Waals surface area contributed by atoms with Crippen LogP contribution in [-0.2, 0) is 4.74 Å². The minimum absolute atomic E-state index is 0.321. The van der Waals surface area contributed by atoms with Crippen LogP contribution in [0.15, 0.2) is 24.4 Å². The highest BCUT2D eigenvalue weighted by atomic mass is 16.7. The van der Waals surface area contributed by atoms with Gasteiger partial charge >= 0.3 is 0 Å². The Morgan fingerprint density at radius 3 is 2.70 bits per heavy atom. The highest BCUT2D eigenvalue weighted by Gasteiger charge is 2.44. The number of nitriles is 1. The molecule has 23 heavy (non-hydrogen) atoms. The van der Waals surface area contributed by atoms with Crippen LogP contribution in [0.3, 0.4) is 0 Å². The lowest BCUT2D eigenvalue weighted by molar-refractivity contribution is -0.277. The fourth-order valence-corrected chi connectivity index (χ4v) is 2.55. The number of hydrogen-bond donors (Lipinski definition) is 5. The third-order valence-corrected chi connectivity index (χ3v) is 3.86. The van der Waals surface area contributed by atoms with Crippen LogP contribution in [0.4, 0.5) is 0 Å². The van der Waals surface area contributed by atoms with Crippen LogP contribution >= 0.6 is 0 Å². The van der Waals surface area contributed by atoms with Gasteiger partial charge in [-0.25, -0.2) is 0 Å². The Morgan fingerprint density at radius 2 is 2.00 bits per heavy atom. The Kier molecular flexibility index (Phi) is 4.21. The van der Waals surface area contributed by atoms with Crippen LogP contribution in [0, 0.1) is 11.3 Å². The summed E-state index contributed by atoms with van der Waals surface area (Å²) in [7, 11) is 0. The number of H-pyrrole nitrogens is 1. The van der Waals surface area contributed by atoms with Gasteiger partial charge < -0.3 is 34.9 Å². The van der Waals surface area contributed by atoms with Crippen molar-refractivity contribution in [1.29, 1.82) is 5.26 Å². The highest BCUT2D eigenvalue weighted by molar-refractivity contribution is 5.87. The van der Waals surface area contributed by atoms with E-state index < -0.39 is 37.3 Å². The van der Waals surface area contributed by atoms with Crippen LogP contribution < -0.4 is 4.74 Å². The van der Waals surface area contributed by atoms with Crippen molar-refractivity contribution in [3.63, 3.8) is 0 Å². The lowest BCUT2D eigenvalue weighted by atomic mass is 9.99. The fraction of sp³-hybridized carbons (Fsp3) is 0.400. The topological polar surface area (TPSA) is 139 Å². The van der Waals surface area contributed by atoms with E-state index in [2.05, 4.69) is 4.98 Å². The molecule has 1 fully saturated rings. The number of hydrogen-bond acceptors (Lipinski definition) is 7. The summed E-state index contributed by atoms with van der Waals surface area (Å²) in [4.78, 5) is 2.96. The van der Waals surface area contributed by atoms with Gasteiger partial charge in [0.15, 0.2) is 0 Å². The molecule has 1 saturated heterocycles. The second-order valence-electron chi connectivity index (χ2n) is 5.34. The van der Waals surface area contributed by atoms with Crippen molar-refractivity contribution in [3.05, 3.63) is 30.0 Å². The van der Waals surface area contributed by atoms with Crippen LogP contribution in [-0.4, -0.2) is 62.7 Å². The van der Waals surface area contributed by atoms with E-state index in [1.54, 1.807) is 18.2 Å². The van der Waals surface area contributed by atoms with Gasteiger partial charge in [-0.05, 0) is 18.2 Å². The molecule has 1 aromatic heterocycles. The summed E-state index contributed by atoms with van der Waals surface area (Å²) in [6.45, 7) is -0.530. The molecule has 1 aliphatic heterocycles. The van der Waals surface area contributed by atoms with Crippen LogP contribution in [0.25, 0.3) is 10.9 Å². The summed E-state index contributed by atoms with van der Waals surface area (Å²) >= 11 is 0. The Morgan fingerprint density at radius 1 is 1.22 bits per heavy atom. The number of nitrogens with one attached hydrogen (secondary N) is 1. The second-order valence-corrected chi connectivity index (χ2v) is 5.34. The molecule has 2 heterocycles. The largest absolute Gasteiger partial charge is 0.460 e. The number of rotatable bonds is 3. The number of aliphatic hydroxyl groups is 4. The summed E-state index contributed by atoms with van der Waals surface area (Å²) in [6, 6.07) is 7.00. The molecule has 0 amide bonds. The smallest absolute Gasteiger partial charge is 0.229 e. The molecule has 0 bridgehead atoms. The van der Waals surface area contributed by atoms with Crippen LogP contribution in [0.2, 0.25) is 0 Å². The van der Waals surface area contributed by atoms with Gasteiger partial charge in [-0.1, -0.05) is 0 Å². The van der Waals surface area contributed by atoms with Gasteiger partial charge in [-0.15, -0.1) is 0 Å². The molecule has 1 aromatic carbocycles. The standard InChI is InChI=1S/C15H16N2O6/c16-4-7-1-2-9-8(3-7)10(5-17-9)22-15-14(21)13(20)12(19)11(6-18)23-15/h1-3,5,11-15,17-21H,6H2/t11-,12+,13+,14-,15-/m1/s1. The maximum absolute atomic E-state index is 9.99. The van der Waals surface area contributed by atoms with E-state index in [0.29, 0.717) is 16.7 Å². The number of aliphatic hydroxyl groups excluding tert-OH is 4. The average Bonchev–Trinajstić information content (AvgIpc) is 2.97. The maximum Gasteiger partial charge on any atom is 0.229 e. The molecule has 122 valence electrons. The van der Waals surface area contributed by atoms with Crippen molar-refractivity contribution in [1.82, 2.24) is 4.98 Å². The van der Waals surface area contributed by atoms with E-state index in [9.17, 15) is 20.4 Å². The fourth-order valence-electron chi connectivity index (χ4n) is 2.55. The Labute approximate surface area is 131 Å². The van der Waals surface area contributed by atoms with E-state index in [-0.39, 0.29) is 0 Å². The van der Waals surface area contributed by atoms with Gasteiger partial charge in [0, 0.05) is 17.1 Å². The molecule has 0 spiro atoms. The maximum atomic E-state index is 9.99. The number of aromatic nitrogens is 1. The first-order valence-electron chi connectivity index (χ1n) is 7.03. The summed E-state index contributed by atoms with van der Waals surface area (Å²) in [5.41, 5.74) is 1.17. The highest BCUT2D eigenvalue weighted by Crippen LogP contribution is 2.30. The lowest BCUT2D eigenvalue weighted by Gasteiger charge is -2.39. The molecule has 3 rings (SSSR count). The second kappa shape index (κ2) is 6.16. The van der Waals surface area contributed by atoms with Crippen molar-refractivity contribution in [2.24, 2.45) is 0 Å². The van der Waals surface area contributed by atoms with Crippen molar-refractivity contribution in [2.45, 2.75) is 30.7 Å². The van der Waals surface area contributed by atoms with Crippen molar-refractivity contribution < 1.29 is 29.9 Å². The first kappa shape index (κ1) is 15.7.